The van der Waals surface area contributed by atoms with Crippen molar-refractivity contribution in [2.75, 3.05) is 12.0 Å². The minimum Gasteiger partial charge on any atom is -0.376 e. The number of carbonyl (C=O) groups is 1. The van der Waals surface area contributed by atoms with Gasteiger partial charge in [-0.05, 0) is 25.5 Å². The van der Waals surface area contributed by atoms with E-state index >= 15 is 0 Å². The van der Waals surface area contributed by atoms with E-state index in [1.54, 1.807) is 6.07 Å². The molecule has 1 aliphatic heterocycles. The normalized spacial score (nSPS) is 21.4. The summed E-state index contributed by atoms with van der Waals surface area (Å²) in [5.74, 6) is 5.33. The van der Waals surface area contributed by atoms with Gasteiger partial charge in [-0.2, -0.15) is 0 Å². The summed E-state index contributed by atoms with van der Waals surface area (Å²) in [5, 5.41) is 3.85. The standard InChI is InChI=1S/C15H18N4O2/c1-9-11(6-7-21-9)18-15(20)14-8-13(19-16)10-4-2-3-5-12(10)17-14/h2-5,8-9,11H,6-7,16H2,1H3,(H,17,19)(H,18,20). The highest BCUT2D eigenvalue weighted by molar-refractivity contribution is 5.99. The number of ether oxygens (including phenoxy) is 1. The van der Waals surface area contributed by atoms with Crippen LogP contribution in [0, 0.1) is 0 Å². The van der Waals surface area contributed by atoms with Gasteiger partial charge in [-0.15, -0.1) is 0 Å². The molecule has 6 heteroatoms. The van der Waals surface area contributed by atoms with Crippen molar-refractivity contribution in [2.24, 2.45) is 5.84 Å². The molecule has 6 nitrogen and oxygen atoms in total. The third-order valence-electron chi connectivity index (χ3n) is 3.80. The topological polar surface area (TPSA) is 89.3 Å². The Kier molecular flexibility index (Phi) is 3.72. The summed E-state index contributed by atoms with van der Waals surface area (Å²) < 4.78 is 5.45. The average molecular weight is 286 g/mol. The van der Waals surface area contributed by atoms with Crippen molar-refractivity contribution in [3.05, 3.63) is 36.0 Å². The zero-order chi connectivity index (χ0) is 14.8. The zero-order valence-electron chi connectivity index (χ0n) is 11.8. The monoisotopic (exact) mass is 286 g/mol. The molecule has 0 aliphatic carbocycles. The van der Waals surface area contributed by atoms with Crippen molar-refractivity contribution in [3.63, 3.8) is 0 Å². The zero-order valence-corrected chi connectivity index (χ0v) is 11.8. The van der Waals surface area contributed by atoms with Crippen molar-refractivity contribution < 1.29 is 9.53 Å². The molecular weight excluding hydrogens is 268 g/mol. The van der Waals surface area contributed by atoms with Crippen LogP contribution in [0.2, 0.25) is 0 Å². The highest BCUT2D eigenvalue weighted by Crippen LogP contribution is 2.22. The predicted molar refractivity (Wildman–Crippen MR) is 80.8 cm³/mol. The van der Waals surface area contributed by atoms with Gasteiger partial charge in [0.05, 0.1) is 23.3 Å². The van der Waals surface area contributed by atoms with Crippen molar-refractivity contribution in [1.29, 1.82) is 0 Å². The second-order valence-electron chi connectivity index (χ2n) is 5.16. The Balaban J connectivity index is 1.91. The Hall–Kier alpha value is -2.18. The van der Waals surface area contributed by atoms with Crippen LogP contribution in [0.3, 0.4) is 0 Å². The van der Waals surface area contributed by atoms with E-state index in [1.165, 1.54) is 0 Å². The lowest BCUT2D eigenvalue weighted by Gasteiger charge is -2.16. The largest absolute Gasteiger partial charge is 0.376 e. The molecule has 21 heavy (non-hydrogen) atoms. The van der Waals surface area contributed by atoms with Gasteiger partial charge in [0.25, 0.3) is 5.91 Å². The van der Waals surface area contributed by atoms with Gasteiger partial charge in [-0.25, -0.2) is 4.98 Å². The molecule has 2 heterocycles. The lowest BCUT2D eigenvalue weighted by Crippen LogP contribution is -2.39. The number of para-hydroxylation sites is 1. The number of benzene rings is 1. The fourth-order valence-electron chi connectivity index (χ4n) is 2.57. The smallest absolute Gasteiger partial charge is 0.270 e. The minimum atomic E-state index is -0.209. The van der Waals surface area contributed by atoms with Crippen LogP contribution < -0.4 is 16.6 Å². The third kappa shape index (κ3) is 2.68. The molecule has 1 fully saturated rings. The van der Waals surface area contributed by atoms with E-state index in [9.17, 15) is 4.79 Å². The fourth-order valence-corrected chi connectivity index (χ4v) is 2.57. The van der Waals surface area contributed by atoms with Gasteiger partial charge in [-0.3, -0.25) is 10.6 Å². The van der Waals surface area contributed by atoms with E-state index in [4.69, 9.17) is 10.6 Å². The Morgan fingerprint density at radius 1 is 1.43 bits per heavy atom. The number of nitrogens with two attached hydrogens (primary N) is 1. The van der Waals surface area contributed by atoms with Gasteiger partial charge in [0, 0.05) is 12.0 Å². The van der Waals surface area contributed by atoms with Crippen molar-refractivity contribution in [2.45, 2.75) is 25.5 Å². The molecule has 2 atom stereocenters. The molecule has 1 amide bonds. The second kappa shape index (κ2) is 5.67. The van der Waals surface area contributed by atoms with Gasteiger partial charge < -0.3 is 15.5 Å². The average Bonchev–Trinajstić information content (AvgIpc) is 2.91. The van der Waals surface area contributed by atoms with Crippen LogP contribution in [0.15, 0.2) is 30.3 Å². The van der Waals surface area contributed by atoms with Crippen LogP contribution in [0.1, 0.15) is 23.8 Å². The first kappa shape index (κ1) is 13.8. The number of nitrogen functional groups attached to an aromatic ring is 1. The van der Waals surface area contributed by atoms with E-state index in [2.05, 4.69) is 15.7 Å². The molecule has 1 saturated heterocycles. The molecule has 1 aromatic heterocycles. The maximum atomic E-state index is 12.4. The number of hydrazine groups is 1. The summed E-state index contributed by atoms with van der Waals surface area (Å²) >= 11 is 0. The molecule has 0 radical (unpaired) electrons. The number of amides is 1. The number of anilines is 1. The summed E-state index contributed by atoms with van der Waals surface area (Å²) in [6.07, 6.45) is 0.851. The Morgan fingerprint density at radius 2 is 2.24 bits per heavy atom. The van der Waals surface area contributed by atoms with Gasteiger partial charge in [0.15, 0.2) is 0 Å². The number of hydrogen-bond acceptors (Lipinski definition) is 5. The maximum Gasteiger partial charge on any atom is 0.270 e. The molecule has 1 aromatic carbocycles. The number of aromatic nitrogens is 1. The third-order valence-corrected chi connectivity index (χ3v) is 3.80. The summed E-state index contributed by atoms with van der Waals surface area (Å²) in [6.45, 7) is 2.63. The number of pyridine rings is 1. The molecule has 4 N–H and O–H groups in total. The van der Waals surface area contributed by atoms with Crippen LogP contribution in [-0.2, 0) is 4.74 Å². The Morgan fingerprint density at radius 3 is 2.95 bits per heavy atom. The lowest BCUT2D eigenvalue weighted by atomic mass is 10.1. The Bertz CT molecular complexity index is 674. The number of nitrogens with one attached hydrogen (secondary N) is 2. The molecule has 3 rings (SSSR count). The summed E-state index contributed by atoms with van der Waals surface area (Å²) in [7, 11) is 0. The second-order valence-corrected chi connectivity index (χ2v) is 5.16. The van der Waals surface area contributed by atoms with Crippen molar-refractivity contribution in [3.8, 4) is 0 Å². The highest BCUT2D eigenvalue weighted by Gasteiger charge is 2.26. The lowest BCUT2D eigenvalue weighted by molar-refractivity contribution is 0.0862. The Labute approximate surface area is 122 Å². The van der Waals surface area contributed by atoms with Gasteiger partial charge >= 0.3 is 0 Å². The van der Waals surface area contributed by atoms with Crippen LogP contribution in [0.4, 0.5) is 5.69 Å². The van der Waals surface area contributed by atoms with E-state index in [0.29, 0.717) is 18.0 Å². The van der Waals surface area contributed by atoms with Gasteiger partial charge in [0.2, 0.25) is 0 Å². The molecule has 0 bridgehead atoms. The molecule has 110 valence electrons. The van der Waals surface area contributed by atoms with Crippen LogP contribution in [0.5, 0.6) is 0 Å². The first-order chi connectivity index (χ1) is 10.2. The van der Waals surface area contributed by atoms with Crippen LogP contribution in [0.25, 0.3) is 10.9 Å². The number of rotatable bonds is 3. The number of carbonyl (C=O) groups excluding carboxylic acids is 1. The van der Waals surface area contributed by atoms with Gasteiger partial charge in [0.1, 0.15) is 5.69 Å². The summed E-state index contributed by atoms with van der Waals surface area (Å²) in [5.41, 5.74) is 4.38. The van der Waals surface area contributed by atoms with E-state index in [1.807, 2.05) is 31.2 Å². The number of fused-ring (bicyclic) bond motifs is 1. The number of nitrogens with zero attached hydrogens (tertiary/aromatic N) is 1. The maximum absolute atomic E-state index is 12.4. The fraction of sp³-hybridized carbons (Fsp3) is 0.333. The quantitative estimate of drug-likeness (QED) is 0.586. The molecular formula is C15H18N4O2. The summed E-state index contributed by atoms with van der Waals surface area (Å²) in [6, 6.07) is 9.24. The van der Waals surface area contributed by atoms with Crippen LogP contribution in [-0.4, -0.2) is 29.6 Å². The predicted octanol–water partition coefficient (Wildman–Crippen LogP) is 1.43. The first-order valence-electron chi connectivity index (χ1n) is 6.98. The van der Waals surface area contributed by atoms with Crippen molar-refractivity contribution >= 4 is 22.5 Å². The molecule has 2 aromatic rings. The SMILES string of the molecule is CC1OCCC1NC(=O)c1cc(NN)c2ccccc2n1. The highest BCUT2D eigenvalue weighted by atomic mass is 16.5. The molecule has 2 unspecified atom stereocenters. The first-order valence-corrected chi connectivity index (χ1v) is 6.98. The minimum absolute atomic E-state index is 0.0278. The molecule has 0 spiro atoms. The van der Waals surface area contributed by atoms with E-state index < -0.39 is 0 Å². The van der Waals surface area contributed by atoms with Crippen molar-refractivity contribution in [1.82, 2.24) is 10.3 Å². The van der Waals surface area contributed by atoms with Gasteiger partial charge in [-0.1, -0.05) is 18.2 Å². The van der Waals surface area contributed by atoms with E-state index in [-0.39, 0.29) is 18.1 Å². The number of hydrogen-bond donors (Lipinski definition) is 3. The molecule has 1 aliphatic rings. The summed E-state index contributed by atoms with van der Waals surface area (Å²) in [4.78, 5) is 16.8. The van der Waals surface area contributed by atoms with Crippen LogP contribution >= 0.6 is 0 Å². The van der Waals surface area contributed by atoms with E-state index in [0.717, 1.165) is 17.3 Å². The molecule has 0 saturated carbocycles.